The number of amides is 1. The molecule has 1 aliphatic heterocycles. The zero-order valence-electron chi connectivity index (χ0n) is 12.7. The number of carbonyl (C=O) groups is 1. The Balaban J connectivity index is 1.97. The molecule has 0 aromatic heterocycles. The fourth-order valence-electron chi connectivity index (χ4n) is 2.56. The van der Waals surface area contributed by atoms with Crippen molar-refractivity contribution in [2.24, 2.45) is 0 Å². The van der Waals surface area contributed by atoms with Crippen molar-refractivity contribution in [2.45, 2.75) is 20.0 Å². The second kappa shape index (κ2) is 7.52. The van der Waals surface area contributed by atoms with E-state index in [0.29, 0.717) is 25.3 Å². The van der Waals surface area contributed by atoms with E-state index in [1.807, 2.05) is 0 Å². The minimum absolute atomic E-state index is 0.0445. The van der Waals surface area contributed by atoms with Crippen molar-refractivity contribution in [1.29, 1.82) is 0 Å². The quantitative estimate of drug-likeness (QED) is 0.833. The molecule has 21 heavy (non-hydrogen) atoms. The Bertz CT molecular complexity index is 460. The number of rotatable bonds is 5. The van der Waals surface area contributed by atoms with E-state index in [-0.39, 0.29) is 17.8 Å². The predicted molar refractivity (Wildman–Crippen MR) is 79.8 cm³/mol. The summed E-state index contributed by atoms with van der Waals surface area (Å²) in [5.74, 6) is -0.379. The molecule has 1 aromatic rings. The van der Waals surface area contributed by atoms with Crippen molar-refractivity contribution in [3.63, 3.8) is 0 Å². The third kappa shape index (κ3) is 4.25. The van der Waals surface area contributed by atoms with Crippen LogP contribution < -0.4 is 0 Å². The Labute approximate surface area is 125 Å². The van der Waals surface area contributed by atoms with Gasteiger partial charge >= 0.3 is 0 Å². The summed E-state index contributed by atoms with van der Waals surface area (Å²) in [5.41, 5.74) is 0.528. The smallest absolute Gasteiger partial charge is 0.254 e. The summed E-state index contributed by atoms with van der Waals surface area (Å²) in [5, 5.41) is 0. The van der Waals surface area contributed by atoms with Crippen molar-refractivity contribution in [3.05, 3.63) is 35.6 Å². The zero-order chi connectivity index (χ0) is 15.2. The van der Waals surface area contributed by atoms with Gasteiger partial charge in [0, 0.05) is 25.2 Å². The van der Waals surface area contributed by atoms with Gasteiger partial charge in [-0.15, -0.1) is 0 Å². The summed E-state index contributed by atoms with van der Waals surface area (Å²) >= 11 is 0. The van der Waals surface area contributed by atoms with E-state index in [9.17, 15) is 9.18 Å². The molecule has 5 heteroatoms. The first-order chi connectivity index (χ1) is 10.1. The maximum atomic E-state index is 12.9. The average molecular weight is 294 g/mol. The highest BCUT2D eigenvalue weighted by Gasteiger charge is 2.25. The Morgan fingerprint density at radius 1 is 1.33 bits per heavy atom. The maximum absolute atomic E-state index is 12.9. The molecule has 1 heterocycles. The number of benzene rings is 1. The molecule has 0 aliphatic carbocycles. The van der Waals surface area contributed by atoms with Gasteiger partial charge in [0.2, 0.25) is 0 Å². The summed E-state index contributed by atoms with van der Waals surface area (Å²) in [6.45, 7) is 8.75. The van der Waals surface area contributed by atoms with Crippen LogP contribution >= 0.6 is 0 Å². The van der Waals surface area contributed by atoms with Crippen molar-refractivity contribution >= 4 is 5.91 Å². The van der Waals surface area contributed by atoms with Gasteiger partial charge in [-0.2, -0.15) is 0 Å². The van der Waals surface area contributed by atoms with Gasteiger partial charge in [0.15, 0.2) is 0 Å². The van der Waals surface area contributed by atoms with Gasteiger partial charge in [0.1, 0.15) is 5.82 Å². The number of carbonyl (C=O) groups excluding carboxylic acids is 1. The molecule has 0 N–H and O–H groups in total. The number of ether oxygens (including phenoxy) is 1. The van der Waals surface area contributed by atoms with Crippen molar-refractivity contribution in [3.8, 4) is 0 Å². The van der Waals surface area contributed by atoms with E-state index in [1.165, 1.54) is 24.3 Å². The molecule has 4 nitrogen and oxygen atoms in total. The Kier molecular flexibility index (Phi) is 5.70. The monoisotopic (exact) mass is 294 g/mol. The van der Waals surface area contributed by atoms with Gasteiger partial charge < -0.3 is 14.5 Å². The lowest BCUT2D eigenvalue weighted by Crippen LogP contribution is -2.49. The third-order valence-corrected chi connectivity index (χ3v) is 3.87. The molecule has 1 atom stereocenters. The molecule has 1 unspecified atom stereocenters. The second-order valence-electron chi connectivity index (χ2n) is 5.24. The molecule has 1 amide bonds. The second-order valence-corrected chi connectivity index (χ2v) is 5.24. The summed E-state index contributed by atoms with van der Waals surface area (Å²) in [6.07, 6.45) is 0.0445. The molecule has 1 aliphatic rings. The van der Waals surface area contributed by atoms with Crippen LogP contribution in [0, 0.1) is 5.82 Å². The molecule has 0 bridgehead atoms. The van der Waals surface area contributed by atoms with Crippen LogP contribution in [-0.4, -0.2) is 61.1 Å². The summed E-state index contributed by atoms with van der Waals surface area (Å²) < 4.78 is 18.7. The molecule has 1 fully saturated rings. The molecular formula is C16H23FN2O2. The van der Waals surface area contributed by atoms with Crippen molar-refractivity contribution in [1.82, 2.24) is 9.80 Å². The van der Waals surface area contributed by atoms with Crippen LogP contribution in [0.3, 0.4) is 0 Å². The van der Waals surface area contributed by atoms with E-state index in [4.69, 9.17) is 4.74 Å². The largest absolute Gasteiger partial charge is 0.373 e. The molecule has 116 valence electrons. The van der Waals surface area contributed by atoms with Crippen LogP contribution in [0.5, 0.6) is 0 Å². The fourth-order valence-corrected chi connectivity index (χ4v) is 2.56. The normalized spacial score (nSPS) is 19.0. The number of likely N-dealkylation sites (N-methyl/N-ethyl adjacent to an activating group) is 1. The number of halogens is 1. The minimum Gasteiger partial charge on any atom is -0.373 e. The van der Waals surface area contributed by atoms with E-state index in [2.05, 4.69) is 18.7 Å². The van der Waals surface area contributed by atoms with Crippen LogP contribution in [0.25, 0.3) is 0 Å². The van der Waals surface area contributed by atoms with Crippen LogP contribution in [0.15, 0.2) is 24.3 Å². The van der Waals surface area contributed by atoms with Gasteiger partial charge in [0.25, 0.3) is 5.91 Å². The Hall–Kier alpha value is -1.46. The number of nitrogens with zero attached hydrogens (tertiary/aromatic N) is 2. The van der Waals surface area contributed by atoms with Gasteiger partial charge in [0.05, 0.1) is 12.7 Å². The highest BCUT2D eigenvalue weighted by molar-refractivity contribution is 5.94. The molecule has 1 aromatic carbocycles. The van der Waals surface area contributed by atoms with E-state index < -0.39 is 0 Å². The first-order valence-electron chi connectivity index (χ1n) is 7.52. The lowest BCUT2D eigenvalue weighted by Gasteiger charge is -2.35. The molecule has 1 saturated heterocycles. The topological polar surface area (TPSA) is 32.8 Å². The fraction of sp³-hybridized carbons (Fsp3) is 0.562. The van der Waals surface area contributed by atoms with Crippen LogP contribution in [0.2, 0.25) is 0 Å². The van der Waals surface area contributed by atoms with Crippen LogP contribution in [0.1, 0.15) is 24.2 Å². The van der Waals surface area contributed by atoms with Gasteiger partial charge in [-0.1, -0.05) is 13.8 Å². The van der Waals surface area contributed by atoms with Crippen LogP contribution in [0.4, 0.5) is 4.39 Å². The number of hydrogen-bond donors (Lipinski definition) is 0. The lowest BCUT2D eigenvalue weighted by molar-refractivity contribution is -0.0347. The first kappa shape index (κ1) is 15.9. The number of morpholine rings is 1. The van der Waals surface area contributed by atoms with Crippen molar-refractivity contribution in [2.75, 3.05) is 39.3 Å². The predicted octanol–water partition coefficient (Wildman–Crippen LogP) is 2.01. The zero-order valence-corrected chi connectivity index (χ0v) is 12.7. The third-order valence-electron chi connectivity index (χ3n) is 3.87. The average Bonchev–Trinajstić information content (AvgIpc) is 2.53. The standard InChI is InChI=1S/C16H23FN2O2/c1-3-18(4-2)11-15-12-19(9-10-21-15)16(20)13-5-7-14(17)8-6-13/h5-8,15H,3-4,9-12H2,1-2H3. The lowest BCUT2D eigenvalue weighted by atomic mass is 10.1. The van der Waals surface area contributed by atoms with Crippen molar-refractivity contribution < 1.29 is 13.9 Å². The highest BCUT2D eigenvalue weighted by atomic mass is 19.1. The van der Waals surface area contributed by atoms with Crippen LogP contribution in [-0.2, 0) is 4.74 Å². The van der Waals surface area contributed by atoms with E-state index >= 15 is 0 Å². The molecule has 0 spiro atoms. The highest BCUT2D eigenvalue weighted by Crippen LogP contribution is 2.12. The molecular weight excluding hydrogens is 271 g/mol. The molecule has 2 rings (SSSR count). The van der Waals surface area contributed by atoms with Gasteiger partial charge in [-0.05, 0) is 37.4 Å². The molecule has 0 radical (unpaired) electrons. The first-order valence-corrected chi connectivity index (χ1v) is 7.52. The Morgan fingerprint density at radius 3 is 2.62 bits per heavy atom. The molecule has 0 saturated carbocycles. The summed E-state index contributed by atoms with van der Waals surface area (Å²) in [4.78, 5) is 16.5. The minimum atomic E-state index is -0.326. The SMILES string of the molecule is CCN(CC)CC1CN(C(=O)c2ccc(F)cc2)CCO1. The number of hydrogen-bond acceptors (Lipinski definition) is 3. The summed E-state index contributed by atoms with van der Waals surface area (Å²) in [7, 11) is 0. The summed E-state index contributed by atoms with van der Waals surface area (Å²) in [6, 6.07) is 5.71. The maximum Gasteiger partial charge on any atom is 0.254 e. The van der Waals surface area contributed by atoms with E-state index in [1.54, 1.807) is 4.90 Å². The Morgan fingerprint density at radius 2 is 2.00 bits per heavy atom. The van der Waals surface area contributed by atoms with Gasteiger partial charge in [-0.3, -0.25) is 4.79 Å². The van der Waals surface area contributed by atoms with E-state index in [0.717, 1.165) is 19.6 Å². The van der Waals surface area contributed by atoms with Gasteiger partial charge in [-0.25, -0.2) is 4.39 Å².